The van der Waals surface area contributed by atoms with E-state index in [1.807, 2.05) is 54.6 Å². The van der Waals surface area contributed by atoms with Gasteiger partial charge in [-0.1, -0.05) is 54.6 Å². The van der Waals surface area contributed by atoms with E-state index in [2.05, 4.69) is 6.58 Å². The molecule has 0 saturated heterocycles. The van der Waals surface area contributed by atoms with Crippen molar-refractivity contribution in [3.63, 3.8) is 0 Å². The Bertz CT molecular complexity index is 679. The molecular weight excluding hydrogens is 340 g/mol. The van der Waals surface area contributed by atoms with Crippen LogP contribution >= 0.6 is 0 Å². The fourth-order valence-corrected chi connectivity index (χ4v) is 2.66. The standard InChI is InChI=1S/C23H28O4/c1-19(13-15-26-17-20-6-4-3-5-7-20)16-23(12-14-24)27-18-21-8-10-22(25-2)11-9-21/h3-11,14,23H,1,12-13,15-18H2,2H3/t23-/m0/s1. The minimum atomic E-state index is -0.161. The number of methoxy groups -OCH3 is 1. The molecule has 4 heteroatoms. The molecule has 2 aromatic carbocycles. The number of ether oxygens (including phenoxy) is 3. The van der Waals surface area contributed by atoms with Gasteiger partial charge in [0, 0.05) is 6.42 Å². The fourth-order valence-electron chi connectivity index (χ4n) is 2.66. The zero-order chi connectivity index (χ0) is 19.3. The second-order valence-corrected chi connectivity index (χ2v) is 6.43. The molecule has 0 bridgehead atoms. The fraction of sp³-hybridized carbons (Fsp3) is 0.348. The minimum absolute atomic E-state index is 0.161. The minimum Gasteiger partial charge on any atom is -0.497 e. The number of hydrogen-bond donors (Lipinski definition) is 0. The lowest BCUT2D eigenvalue weighted by atomic mass is 10.1. The number of carbonyl (C=O) groups is 1. The third-order valence-electron chi connectivity index (χ3n) is 4.23. The summed E-state index contributed by atoms with van der Waals surface area (Å²) in [5.74, 6) is 0.812. The Hall–Kier alpha value is -2.43. The van der Waals surface area contributed by atoms with Crippen LogP contribution in [-0.2, 0) is 27.5 Å². The van der Waals surface area contributed by atoms with Gasteiger partial charge in [0.15, 0.2) is 0 Å². The quantitative estimate of drug-likeness (QED) is 0.291. The predicted octanol–water partition coefficient (Wildman–Crippen LogP) is 4.72. The summed E-state index contributed by atoms with van der Waals surface area (Å²) < 4.78 is 16.8. The molecule has 0 aliphatic carbocycles. The second-order valence-electron chi connectivity index (χ2n) is 6.43. The molecule has 2 aromatic rings. The van der Waals surface area contributed by atoms with E-state index < -0.39 is 0 Å². The summed E-state index contributed by atoms with van der Waals surface area (Å²) in [6.45, 7) is 5.77. The Balaban J connectivity index is 1.70. The van der Waals surface area contributed by atoms with Crippen LogP contribution in [0.5, 0.6) is 5.75 Å². The average Bonchev–Trinajstić information content (AvgIpc) is 2.71. The van der Waals surface area contributed by atoms with Gasteiger partial charge in [-0.05, 0) is 36.1 Å². The van der Waals surface area contributed by atoms with Crippen molar-refractivity contribution < 1.29 is 19.0 Å². The van der Waals surface area contributed by atoms with Gasteiger partial charge in [-0.25, -0.2) is 0 Å². The molecule has 1 atom stereocenters. The van der Waals surface area contributed by atoms with E-state index >= 15 is 0 Å². The van der Waals surface area contributed by atoms with Gasteiger partial charge in [-0.15, -0.1) is 0 Å². The molecule has 0 fully saturated rings. The van der Waals surface area contributed by atoms with Gasteiger partial charge in [0.25, 0.3) is 0 Å². The van der Waals surface area contributed by atoms with Gasteiger partial charge >= 0.3 is 0 Å². The smallest absolute Gasteiger partial charge is 0.122 e. The number of hydrogen-bond acceptors (Lipinski definition) is 4. The Morgan fingerprint density at radius 1 is 1.04 bits per heavy atom. The Morgan fingerprint density at radius 3 is 2.41 bits per heavy atom. The zero-order valence-electron chi connectivity index (χ0n) is 15.9. The molecule has 27 heavy (non-hydrogen) atoms. The zero-order valence-corrected chi connectivity index (χ0v) is 15.9. The maximum Gasteiger partial charge on any atom is 0.122 e. The highest BCUT2D eigenvalue weighted by Gasteiger charge is 2.11. The maximum atomic E-state index is 11.0. The Labute approximate surface area is 161 Å². The molecule has 0 saturated carbocycles. The number of rotatable bonds is 13. The second kappa shape index (κ2) is 12.0. The van der Waals surface area contributed by atoms with Crippen molar-refractivity contribution in [2.75, 3.05) is 13.7 Å². The number of aldehydes is 1. The lowest BCUT2D eigenvalue weighted by Gasteiger charge is -2.17. The first-order valence-electron chi connectivity index (χ1n) is 9.17. The van der Waals surface area contributed by atoms with E-state index in [1.54, 1.807) is 7.11 Å². The molecule has 144 valence electrons. The van der Waals surface area contributed by atoms with Crippen molar-refractivity contribution in [3.8, 4) is 5.75 Å². The highest BCUT2D eigenvalue weighted by atomic mass is 16.5. The molecule has 0 aliphatic heterocycles. The summed E-state index contributed by atoms with van der Waals surface area (Å²) in [5, 5.41) is 0. The Kier molecular flexibility index (Phi) is 9.31. The van der Waals surface area contributed by atoms with Crippen molar-refractivity contribution in [2.24, 2.45) is 0 Å². The van der Waals surface area contributed by atoms with Crippen molar-refractivity contribution in [1.82, 2.24) is 0 Å². The molecule has 4 nitrogen and oxygen atoms in total. The highest BCUT2D eigenvalue weighted by Crippen LogP contribution is 2.17. The van der Waals surface area contributed by atoms with Gasteiger partial charge in [-0.3, -0.25) is 0 Å². The van der Waals surface area contributed by atoms with Crippen LogP contribution in [0, 0.1) is 0 Å². The molecule has 0 aliphatic rings. The molecule has 0 heterocycles. The summed E-state index contributed by atoms with van der Waals surface area (Å²) in [7, 11) is 1.64. The van der Waals surface area contributed by atoms with Crippen LogP contribution in [0.2, 0.25) is 0 Å². The lowest BCUT2D eigenvalue weighted by molar-refractivity contribution is -0.110. The lowest BCUT2D eigenvalue weighted by Crippen LogP contribution is -2.15. The molecule has 0 aromatic heterocycles. The van der Waals surface area contributed by atoms with Crippen LogP contribution < -0.4 is 4.74 Å². The van der Waals surface area contributed by atoms with Crippen LogP contribution in [0.4, 0.5) is 0 Å². The summed E-state index contributed by atoms with van der Waals surface area (Å²) in [6.07, 6.45) is 2.52. The van der Waals surface area contributed by atoms with E-state index in [0.29, 0.717) is 32.7 Å². The van der Waals surface area contributed by atoms with Crippen molar-refractivity contribution in [1.29, 1.82) is 0 Å². The predicted molar refractivity (Wildman–Crippen MR) is 107 cm³/mol. The van der Waals surface area contributed by atoms with E-state index in [0.717, 1.165) is 35.2 Å². The van der Waals surface area contributed by atoms with Crippen molar-refractivity contribution >= 4 is 6.29 Å². The maximum absolute atomic E-state index is 11.0. The van der Waals surface area contributed by atoms with Gasteiger partial charge in [-0.2, -0.15) is 0 Å². The third-order valence-corrected chi connectivity index (χ3v) is 4.23. The largest absolute Gasteiger partial charge is 0.497 e. The van der Waals surface area contributed by atoms with Gasteiger partial charge in [0.05, 0.1) is 33.0 Å². The molecular formula is C23H28O4. The first-order chi connectivity index (χ1) is 13.2. The van der Waals surface area contributed by atoms with Crippen LogP contribution in [0.25, 0.3) is 0 Å². The SMILES string of the molecule is C=C(CCOCc1ccccc1)C[C@H](CC=O)OCc1ccc(OC)cc1. The van der Waals surface area contributed by atoms with Crippen LogP contribution in [-0.4, -0.2) is 26.1 Å². The summed E-state index contributed by atoms with van der Waals surface area (Å²) in [4.78, 5) is 11.0. The number of carbonyl (C=O) groups excluding carboxylic acids is 1. The molecule has 0 amide bonds. The highest BCUT2D eigenvalue weighted by molar-refractivity contribution is 5.50. The average molecular weight is 368 g/mol. The van der Waals surface area contributed by atoms with E-state index in [4.69, 9.17) is 14.2 Å². The molecule has 0 spiro atoms. The van der Waals surface area contributed by atoms with Crippen LogP contribution in [0.15, 0.2) is 66.7 Å². The molecule has 2 rings (SSSR count). The van der Waals surface area contributed by atoms with E-state index in [1.165, 1.54) is 0 Å². The van der Waals surface area contributed by atoms with Crippen molar-refractivity contribution in [3.05, 3.63) is 77.9 Å². The summed E-state index contributed by atoms with van der Waals surface area (Å²) in [6, 6.07) is 17.8. The molecule has 0 N–H and O–H groups in total. The third kappa shape index (κ3) is 8.20. The summed E-state index contributed by atoms with van der Waals surface area (Å²) >= 11 is 0. The van der Waals surface area contributed by atoms with E-state index in [-0.39, 0.29) is 6.10 Å². The van der Waals surface area contributed by atoms with Gasteiger partial charge in [0.1, 0.15) is 12.0 Å². The monoisotopic (exact) mass is 368 g/mol. The number of benzene rings is 2. The first kappa shape index (κ1) is 20.9. The molecule has 0 radical (unpaired) electrons. The Morgan fingerprint density at radius 2 is 1.74 bits per heavy atom. The summed E-state index contributed by atoms with van der Waals surface area (Å²) in [5.41, 5.74) is 3.23. The van der Waals surface area contributed by atoms with Gasteiger partial charge < -0.3 is 19.0 Å². The van der Waals surface area contributed by atoms with Gasteiger partial charge in [0.2, 0.25) is 0 Å². The van der Waals surface area contributed by atoms with E-state index in [9.17, 15) is 4.79 Å². The topological polar surface area (TPSA) is 44.8 Å². The van der Waals surface area contributed by atoms with Crippen LogP contribution in [0.3, 0.4) is 0 Å². The first-order valence-corrected chi connectivity index (χ1v) is 9.17. The molecule has 0 unspecified atom stereocenters. The van der Waals surface area contributed by atoms with Crippen LogP contribution in [0.1, 0.15) is 30.4 Å². The van der Waals surface area contributed by atoms with Crippen molar-refractivity contribution in [2.45, 2.75) is 38.6 Å². The normalized spacial score (nSPS) is 11.7.